The molecular weight excluding hydrogens is 265 g/mol. The summed E-state index contributed by atoms with van der Waals surface area (Å²) in [5.74, 6) is -0.103. The van der Waals surface area contributed by atoms with Gasteiger partial charge in [-0.1, -0.05) is 0 Å². The van der Waals surface area contributed by atoms with Crippen LogP contribution >= 0.6 is 0 Å². The molecule has 2 aliphatic heterocycles. The smallest absolute Gasteiger partial charge is 0.125 e. The molecule has 1 aromatic rings. The second-order valence-corrected chi connectivity index (χ2v) is 6.75. The lowest BCUT2D eigenvalue weighted by atomic mass is 10.1. The van der Waals surface area contributed by atoms with Crippen molar-refractivity contribution in [3.63, 3.8) is 0 Å². The number of piperazine rings is 1. The highest BCUT2D eigenvalue weighted by atomic mass is 19.1. The zero-order valence-corrected chi connectivity index (χ0v) is 12.5. The molecule has 4 heteroatoms. The maximum absolute atomic E-state index is 13.9. The van der Waals surface area contributed by atoms with E-state index >= 15 is 0 Å². The maximum atomic E-state index is 13.9. The van der Waals surface area contributed by atoms with Crippen LogP contribution < -0.4 is 10.2 Å². The maximum Gasteiger partial charge on any atom is 0.125 e. The van der Waals surface area contributed by atoms with Gasteiger partial charge in [0.05, 0.1) is 0 Å². The number of halogens is 1. The summed E-state index contributed by atoms with van der Waals surface area (Å²) in [4.78, 5) is 4.96. The van der Waals surface area contributed by atoms with Crippen molar-refractivity contribution in [2.45, 2.75) is 44.3 Å². The van der Waals surface area contributed by atoms with Crippen molar-refractivity contribution in [2.24, 2.45) is 0 Å². The number of nitrogens with zero attached hydrogens (tertiary/aromatic N) is 2. The van der Waals surface area contributed by atoms with E-state index in [4.69, 9.17) is 0 Å². The molecule has 1 atom stereocenters. The van der Waals surface area contributed by atoms with E-state index in [0.717, 1.165) is 37.4 Å². The average Bonchev–Trinajstić information content (AvgIpc) is 3.20. The van der Waals surface area contributed by atoms with E-state index in [9.17, 15) is 4.39 Å². The van der Waals surface area contributed by atoms with Crippen LogP contribution in [-0.4, -0.2) is 43.2 Å². The summed E-state index contributed by atoms with van der Waals surface area (Å²) >= 11 is 0. The van der Waals surface area contributed by atoms with Crippen LogP contribution in [0.5, 0.6) is 0 Å². The van der Waals surface area contributed by atoms with Gasteiger partial charge in [-0.2, -0.15) is 0 Å². The van der Waals surface area contributed by atoms with E-state index in [-0.39, 0.29) is 5.82 Å². The molecule has 3 nitrogen and oxygen atoms in total. The number of rotatable bonds is 4. The van der Waals surface area contributed by atoms with Gasteiger partial charge in [-0.05, 0) is 56.0 Å². The van der Waals surface area contributed by atoms with Gasteiger partial charge in [0.2, 0.25) is 0 Å². The predicted octanol–water partition coefficient (Wildman–Crippen LogP) is 2.36. The molecule has 4 rings (SSSR count). The Hall–Kier alpha value is -1.13. The third-order valence-corrected chi connectivity index (χ3v) is 5.07. The highest BCUT2D eigenvalue weighted by Crippen LogP contribution is 2.27. The Morgan fingerprint density at radius 2 is 2.00 bits per heavy atom. The van der Waals surface area contributed by atoms with E-state index in [1.165, 1.54) is 32.2 Å². The topological polar surface area (TPSA) is 18.5 Å². The second-order valence-electron chi connectivity index (χ2n) is 6.75. The van der Waals surface area contributed by atoms with Gasteiger partial charge in [-0.25, -0.2) is 4.39 Å². The minimum Gasteiger partial charge on any atom is -0.369 e. The highest BCUT2D eigenvalue weighted by molar-refractivity contribution is 5.50. The largest absolute Gasteiger partial charge is 0.369 e. The Labute approximate surface area is 126 Å². The molecule has 1 N–H and O–H groups in total. The molecule has 3 aliphatic rings. The molecule has 2 heterocycles. The molecule has 2 saturated heterocycles. The average molecular weight is 289 g/mol. The highest BCUT2D eigenvalue weighted by Gasteiger charge is 2.30. The van der Waals surface area contributed by atoms with E-state index in [2.05, 4.69) is 21.2 Å². The van der Waals surface area contributed by atoms with Crippen LogP contribution in [0.15, 0.2) is 18.2 Å². The lowest BCUT2D eigenvalue weighted by Crippen LogP contribution is -2.50. The molecule has 1 aliphatic carbocycles. The monoisotopic (exact) mass is 289 g/mol. The van der Waals surface area contributed by atoms with Crippen LogP contribution in [0.4, 0.5) is 10.1 Å². The van der Waals surface area contributed by atoms with Crippen LogP contribution in [0.3, 0.4) is 0 Å². The van der Waals surface area contributed by atoms with Crippen LogP contribution in [0.1, 0.15) is 31.2 Å². The Bertz CT molecular complexity index is 515. The Balaban J connectivity index is 1.47. The fourth-order valence-electron chi connectivity index (χ4n) is 3.69. The van der Waals surface area contributed by atoms with Crippen molar-refractivity contribution in [1.29, 1.82) is 0 Å². The molecule has 0 bridgehead atoms. The van der Waals surface area contributed by atoms with Crippen LogP contribution in [0.25, 0.3) is 0 Å². The lowest BCUT2D eigenvalue weighted by molar-refractivity contribution is 0.231. The van der Waals surface area contributed by atoms with Gasteiger partial charge in [-0.15, -0.1) is 0 Å². The van der Waals surface area contributed by atoms with Crippen molar-refractivity contribution in [1.82, 2.24) is 10.2 Å². The molecule has 1 saturated carbocycles. The number of nitrogens with one attached hydrogen (secondary N) is 1. The standard InChI is InChI=1S/C17H24FN3/c18-14-8-13(11-19-15-3-4-15)9-17(10-14)21-7-6-20-5-1-2-16(20)12-21/h8-10,15-16,19H,1-7,11-12H2. The summed E-state index contributed by atoms with van der Waals surface area (Å²) in [6.45, 7) is 5.24. The summed E-state index contributed by atoms with van der Waals surface area (Å²) in [5.41, 5.74) is 2.14. The quantitative estimate of drug-likeness (QED) is 0.918. The Morgan fingerprint density at radius 1 is 1.10 bits per heavy atom. The molecule has 21 heavy (non-hydrogen) atoms. The molecule has 0 radical (unpaired) electrons. The van der Waals surface area contributed by atoms with Crippen molar-refractivity contribution in [2.75, 3.05) is 31.1 Å². The van der Waals surface area contributed by atoms with Crippen molar-refractivity contribution >= 4 is 5.69 Å². The predicted molar refractivity (Wildman–Crippen MR) is 83.1 cm³/mol. The molecule has 0 spiro atoms. The molecule has 0 amide bonds. The van der Waals surface area contributed by atoms with Crippen LogP contribution in [0.2, 0.25) is 0 Å². The molecule has 114 valence electrons. The fraction of sp³-hybridized carbons (Fsp3) is 0.647. The van der Waals surface area contributed by atoms with Gasteiger partial charge >= 0.3 is 0 Å². The Kier molecular flexibility index (Phi) is 3.59. The molecule has 3 fully saturated rings. The number of anilines is 1. The SMILES string of the molecule is Fc1cc(CNC2CC2)cc(N2CCN3CCCC3C2)c1. The molecule has 0 aromatic heterocycles. The molecule has 1 aromatic carbocycles. The summed E-state index contributed by atoms with van der Waals surface area (Å²) in [7, 11) is 0. The summed E-state index contributed by atoms with van der Waals surface area (Å²) < 4.78 is 13.9. The van der Waals surface area contributed by atoms with Gasteiger partial charge < -0.3 is 10.2 Å². The zero-order chi connectivity index (χ0) is 14.2. The summed E-state index contributed by atoms with van der Waals surface area (Å²) in [5, 5.41) is 3.47. The minimum absolute atomic E-state index is 0.103. The van der Waals surface area contributed by atoms with Crippen molar-refractivity contribution < 1.29 is 4.39 Å². The third kappa shape index (κ3) is 3.06. The summed E-state index contributed by atoms with van der Waals surface area (Å²) in [6, 6.07) is 6.88. The lowest BCUT2D eigenvalue weighted by Gasteiger charge is -2.39. The van der Waals surface area contributed by atoms with Crippen LogP contribution in [0, 0.1) is 5.82 Å². The molecule has 1 unspecified atom stereocenters. The first-order chi connectivity index (χ1) is 10.3. The second kappa shape index (κ2) is 5.58. The first-order valence-electron chi connectivity index (χ1n) is 8.30. The number of hydrogen-bond acceptors (Lipinski definition) is 3. The van der Waals surface area contributed by atoms with Crippen molar-refractivity contribution in [3.05, 3.63) is 29.6 Å². The van der Waals surface area contributed by atoms with Gasteiger partial charge in [0.25, 0.3) is 0 Å². The van der Waals surface area contributed by atoms with Gasteiger partial charge in [0, 0.05) is 44.0 Å². The zero-order valence-electron chi connectivity index (χ0n) is 12.5. The van der Waals surface area contributed by atoms with Gasteiger partial charge in [0.1, 0.15) is 5.82 Å². The van der Waals surface area contributed by atoms with E-state index in [1.807, 2.05) is 0 Å². The normalized spacial score (nSPS) is 26.1. The van der Waals surface area contributed by atoms with Gasteiger partial charge in [-0.3, -0.25) is 4.90 Å². The fourth-order valence-corrected chi connectivity index (χ4v) is 3.69. The minimum atomic E-state index is -0.103. The van der Waals surface area contributed by atoms with Crippen LogP contribution in [-0.2, 0) is 6.54 Å². The first kappa shape index (κ1) is 13.5. The van der Waals surface area contributed by atoms with Crippen molar-refractivity contribution in [3.8, 4) is 0 Å². The first-order valence-corrected chi connectivity index (χ1v) is 8.30. The number of fused-ring (bicyclic) bond motifs is 1. The van der Waals surface area contributed by atoms with E-state index < -0.39 is 0 Å². The third-order valence-electron chi connectivity index (χ3n) is 5.07. The molecular formula is C17H24FN3. The van der Waals surface area contributed by atoms with E-state index in [0.29, 0.717) is 12.1 Å². The van der Waals surface area contributed by atoms with E-state index in [1.54, 1.807) is 12.1 Å². The Morgan fingerprint density at radius 3 is 2.86 bits per heavy atom. The van der Waals surface area contributed by atoms with Gasteiger partial charge in [0.15, 0.2) is 0 Å². The summed E-state index contributed by atoms with van der Waals surface area (Å²) in [6.07, 6.45) is 5.15. The number of hydrogen-bond donors (Lipinski definition) is 1. The number of benzene rings is 1.